The van der Waals surface area contributed by atoms with E-state index in [2.05, 4.69) is 24.8 Å². The van der Waals surface area contributed by atoms with Crippen molar-refractivity contribution in [3.05, 3.63) is 0 Å². The molecule has 0 N–H and O–H groups in total. The summed E-state index contributed by atoms with van der Waals surface area (Å²) in [6.07, 6.45) is 0. The second-order valence-electron chi connectivity index (χ2n) is 1.18. The minimum absolute atomic E-state index is 0. The van der Waals surface area contributed by atoms with E-state index in [-0.39, 0.29) is 25.9 Å². The summed E-state index contributed by atoms with van der Waals surface area (Å²) in [7, 11) is 3.71. The molecule has 0 radical (unpaired) electrons. The fourth-order valence-corrected chi connectivity index (χ4v) is 0. The Morgan fingerprint density at radius 1 is 1.71 bits per heavy atom. The molecule has 0 unspecified atom stereocenters. The summed E-state index contributed by atoms with van der Waals surface area (Å²) >= 11 is 8.46. The molecule has 0 fully saturated rings. The molecule has 40 valence electrons. The van der Waals surface area contributed by atoms with Crippen LogP contribution in [0, 0.1) is 0 Å². The van der Waals surface area contributed by atoms with Crippen LogP contribution < -0.4 is 0 Å². The molecule has 0 aromatic rings. The van der Waals surface area contributed by atoms with E-state index in [9.17, 15) is 0 Å². The van der Waals surface area contributed by atoms with Gasteiger partial charge >= 0.3 is 23.1 Å². The van der Waals surface area contributed by atoms with Crippen LogP contribution in [0.3, 0.4) is 0 Å². The first-order valence-electron chi connectivity index (χ1n) is 1.55. The number of thiol groups is 1. The molecule has 4 heteroatoms. The summed E-state index contributed by atoms with van der Waals surface area (Å²) in [5.74, 6) is 0. The number of hydrogen-bond acceptors (Lipinski definition) is 1. The summed E-state index contributed by atoms with van der Waals surface area (Å²) in [5, 5.41) is 0. The first-order chi connectivity index (χ1) is 2.64. The molecule has 0 amide bonds. The van der Waals surface area contributed by atoms with E-state index in [0.717, 1.165) is 0 Å². The fourth-order valence-electron chi connectivity index (χ4n) is 0. The normalized spacial score (nSPS) is 6.71. The van der Waals surface area contributed by atoms with Crippen LogP contribution in [0.2, 0.25) is 0 Å². The third-order valence-electron chi connectivity index (χ3n) is 0.383. The number of rotatable bonds is 0. The molecule has 0 spiro atoms. The first-order valence-corrected chi connectivity index (χ1v) is 2.40. The van der Waals surface area contributed by atoms with E-state index in [0.29, 0.717) is 4.32 Å². The Morgan fingerprint density at radius 2 is 1.86 bits per heavy atom. The van der Waals surface area contributed by atoms with Crippen molar-refractivity contribution in [1.29, 1.82) is 0 Å². The van der Waals surface area contributed by atoms with Gasteiger partial charge in [-0.3, -0.25) is 0 Å². The maximum absolute atomic E-state index is 4.61. The average molecular weight is 148 g/mol. The Kier molecular flexibility index (Phi) is 8.01. The predicted octanol–water partition coefficient (Wildman–Crippen LogP) is 0.607. The van der Waals surface area contributed by atoms with Crippen molar-refractivity contribution >= 4 is 52.2 Å². The third kappa shape index (κ3) is 7.01. The van der Waals surface area contributed by atoms with Crippen molar-refractivity contribution < 1.29 is 2.85 Å². The molecule has 0 aliphatic rings. The molecule has 0 bridgehead atoms. The van der Waals surface area contributed by atoms with E-state index in [1.54, 1.807) is 4.90 Å². The third-order valence-corrected chi connectivity index (χ3v) is 1.15. The van der Waals surface area contributed by atoms with Gasteiger partial charge in [0.1, 0.15) is 4.32 Å². The van der Waals surface area contributed by atoms with Crippen molar-refractivity contribution in [1.82, 2.24) is 4.90 Å². The van der Waals surface area contributed by atoms with Gasteiger partial charge < -0.3 is 7.75 Å². The van der Waals surface area contributed by atoms with Crippen molar-refractivity contribution in [2.45, 2.75) is 0 Å². The zero-order valence-corrected chi connectivity index (χ0v) is 7.63. The first kappa shape index (κ1) is 10.9. The van der Waals surface area contributed by atoms with Crippen LogP contribution in [0.5, 0.6) is 0 Å². The van der Waals surface area contributed by atoms with Crippen molar-refractivity contribution in [3.63, 3.8) is 0 Å². The summed E-state index contributed by atoms with van der Waals surface area (Å²) < 4.78 is 0.620. The van der Waals surface area contributed by atoms with Crippen molar-refractivity contribution in [2.75, 3.05) is 14.1 Å². The maximum Gasteiger partial charge on any atom is 2.00 e. The Hall–Kier alpha value is 1.01. The second kappa shape index (κ2) is 5.15. The minimum atomic E-state index is 0. The summed E-state index contributed by atoms with van der Waals surface area (Å²) in [4.78, 5) is 1.76. The number of hydrogen-bond donors (Lipinski definition) is 1. The van der Waals surface area contributed by atoms with E-state index in [1.807, 2.05) is 14.1 Å². The van der Waals surface area contributed by atoms with E-state index in [1.165, 1.54) is 0 Å². The topological polar surface area (TPSA) is 3.24 Å². The van der Waals surface area contributed by atoms with Crippen LogP contribution >= 0.6 is 24.8 Å². The Balaban J connectivity index is -0.0000000417. The Bertz CT molecular complexity index is 70.8. The SMILES string of the molecule is CN(C)C(=S)S.[H-].[H-].[Mg+2]. The zero-order valence-electron chi connectivity index (χ0n) is 6.51. The second-order valence-corrected chi connectivity index (χ2v) is 2.29. The summed E-state index contributed by atoms with van der Waals surface area (Å²) in [6, 6.07) is 0. The summed E-state index contributed by atoms with van der Waals surface area (Å²) in [5.41, 5.74) is 0. The van der Waals surface area contributed by atoms with Gasteiger partial charge in [0, 0.05) is 14.1 Å². The van der Waals surface area contributed by atoms with Gasteiger partial charge in [-0.25, -0.2) is 0 Å². The molecular formula is C3H9MgNS2. The van der Waals surface area contributed by atoms with Crippen molar-refractivity contribution in [2.24, 2.45) is 0 Å². The van der Waals surface area contributed by atoms with Gasteiger partial charge in [0.2, 0.25) is 0 Å². The minimum Gasteiger partial charge on any atom is -1.00 e. The van der Waals surface area contributed by atoms with Gasteiger partial charge in [-0.1, -0.05) is 12.2 Å². The van der Waals surface area contributed by atoms with Crippen LogP contribution in [0.1, 0.15) is 2.85 Å². The van der Waals surface area contributed by atoms with E-state index < -0.39 is 0 Å². The van der Waals surface area contributed by atoms with Crippen LogP contribution in [0.15, 0.2) is 0 Å². The average Bonchev–Trinajstić information content (AvgIpc) is 1.36. The maximum atomic E-state index is 4.61. The standard InChI is InChI=1S/C3H7NS2.Mg.2H/c1-4(2)3(5)6;;;/h1-2H3,(H,5,6);;;/q;+2;2*-1. The van der Waals surface area contributed by atoms with Crippen LogP contribution in [0.25, 0.3) is 0 Å². The predicted molar refractivity (Wildman–Crippen MR) is 43.2 cm³/mol. The molecule has 0 aromatic heterocycles. The number of thiocarbonyl (C=S) groups is 1. The largest absolute Gasteiger partial charge is 2.00 e. The van der Waals surface area contributed by atoms with E-state index in [4.69, 9.17) is 0 Å². The van der Waals surface area contributed by atoms with Gasteiger partial charge in [-0.15, -0.1) is 12.6 Å². The molecule has 0 aromatic carbocycles. The Labute approximate surface area is 74.0 Å². The van der Waals surface area contributed by atoms with Gasteiger partial charge in [0.15, 0.2) is 0 Å². The van der Waals surface area contributed by atoms with E-state index >= 15 is 0 Å². The van der Waals surface area contributed by atoms with Crippen LogP contribution in [-0.2, 0) is 0 Å². The molecular weight excluding hydrogens is 138 g/mol. The number of nitrogens with zero attached hydrogens (tertiary/aromatic N) is 1. The quantitative estimate of drug-likeness (QED) is 0.304. The fraction of sp³-hybridized carbons (Fsp3) is 0.667. The molecule has 0 aliphatic heterocycles. The van der Waals surface area contributed by atoms with Gasteiger partial charge in [-0.05, 0) is 0 Å². The van der Waals surface area contributed by atoms with Crippen LogP contribution in [-0.4, -0.2) is 46.4 Å². The molecule has 0 rings (SSSR count). The molecule has 1 nitrogen and oxygen atoms in total. The molecule has 0 saturated carbocycles. The zero-order chi connectivity index (χ0) is 5.15. The Morgan fingerprint density at radius 3 is 1.86 bits per heavy atom. The van der Waals surface area contributed by atoms with Crippen LogP contribution in [0.4, 0.5) is 0 Å². The van der Waals surface area contributed by atoms with Gasteiger partial charge in [0.05, 0.1) is 0 Å². The van der Waals surface area contributed by atoms with Gasteiger partial charge in [-0.2, -0.15) is 0 Å². The molecule has 0 aliphatic carbocycles. The smallest absolute Gasteiger partial charge is 1.00 e. The molecule has 7 heavy (non-hydrogen) atoms. The summed E-state index contributed by atoms with van der Waals surface area (Å²) in [6.45, 7) is 0. The van der Waals surface area contributed by atoms with Crippen molar-refractivity contribution in [3.8, 4) is 0 Å². The molecule has 0 heterocycles. The molecule has 0 atom stereocenters. The monoisotopic (exact) mass is 147 g/mol. The van der Waals surface area contributed by atoms with Gasteiger partial charge in [0.25, 0.3) is 0 Å². The molecule has 0 saturated heterocycles.